The van der Waals surface area contributed by atoms with Crippen LogP contribution < -0.4 is 11.1 Å². The van der Waals surface area contributed by atoms with Crippen LogP contribution in [-0.2, 0) is 4.79 Å². The summed E-state index contributed by atoms with van der Waals surface area (Å²) < 4.78 is 0. The number of nitrogens with two attached hydrogens (primary N) is 1. The van der Waals surface area contributed by atoms with Crippen LogP contribution >= 0.6 is 11.3 Å². The van der Waals surface area contributed by atoms with Crippen molar-refractivity contribution in [2.75, 3.05) is 6.54 Å². The number of primary amides is 1. The van der Waals surface area contributed by atoms with Crippen LogP contribution in [0.2, 0.25) is 0 Å². The molecule has 1 aromatic heterocycles. The first-order chi connectivity index (χ1) is 7.20. The van der Waals surface area contributed by atoms with Gasteiger partial charge in [-0.15, -0.1) is 11.3 Å². The summed E-state index contributed by atoms with van der Waals surface area (Å²) in [6, 6.07) is 0.290. The molecule has 0 aliphatic carbocycles. The summed E-state index contributed by atoms with van der Waals surface area (Å²) in [6.07, 6.45) is 4.12. The minimum Gasteiger partial charge on any atom is -0.370 e. The third-order valence-electron chi connectivity index (χ3n) is 2.12. The lowest BCUT2D eigenvalue weighted by molar-refractivity contribution is -0.118. The van der Waals surface area contributed by atoms with Crippen molar-refractivity contribution in [1.82, 2.24) is 10.3 Å². The maximum absolute atomic E-state index is 10.5. The number of amides is 1. The van der Waals surface area contributed by atoms with Gasteiger partial charge in [-0.25, -0.2) is 4.98 Å². The molecule has 3 N–H and O–H groups in total. The number of nitrogens with one attached hydrogen (secondary N) is 1. The zero-order valence-corrected chi connectivity index (χ0v) is 9.72. The second kappa shape index (κ2) is 6.53. The molecule has 1 amide bonds. The monoisotopic (exact) mass is 227 g/mol. The Hall–Kier alpha value is -0.940. The first-order valence-electron chi connectivity index (χ1n) is 5.11. The quantitative estimate of drug-likeness (QED) is 0.693. The first-order valence-corrected chi connectivity index (χ1v) is 5.99. The molecule has 1 unspecified atom stereocenters. The Morgan fingerprint density at radius 1 is 1.67 bits per heavy atom. The molecule has 15 heavy (non-hydrogen) atoms. The number of carbonyl (C=O) groups is 1. The highest BCUT2D eigenvalue weighted by molar-refractivity contribution is 7.09. The van der Waals surface area contributed by atoms with Gasteiger partial charge in [-0.05, 0) is 26.3 Å². The van der Waals surface area contributed by atoms with Gasteiger partial charge < -0.3 is 11.1 Å². The van der Waals surface area contributed by atoms with Gasteiger partial charge in [-0.2, -0.15) is 0 Å². The largest absolute Gasteiger partial charge is 0.370 e. The molecular weight excluding hydrogens is 210 g/mol. The van der Waals surface area contributed by atoms with Crippen molar-refractivity contribution >= 4 is 17.2 Å². The third-order valence-corrected chi connectivity index (χ3v) is 3.08. The Balaban J connectivity index is 2.08. The van der Waals surface area contributed by atoms with E-state index in [9.17, 15) is 4.79 Å². The number of hydrogen-bond acceptors (Lipinski definition) is 4. The molecular formula is C10H17N3OS. The molecule has 0 saturated heterocycles. The average molecular weight is 227 g/mol. The summed E-state index contributed by atoms with van der Waals surface area (Å²) in [5, 5.41) is 6.43. The predicted octanol–water partition coefficient (Wildman–Crippen LogP) is 1.45. The Labute approximate surface area is 93.9 Å². The first kappa shape index (κ1) is 12.1. The van der Waals surface area contributed by atoms with Gasteiger partial charge in [0.1, 0.15) is 5.01 Å². The van der Waals surface area contributed by atoms with Crippen LogP contribution in [0.1, 0.15) is 37.2 Å². The van der Waals surface area contributed by atoms with Crippen LogP contribution in [0, 0.1) is 0 Å². The minimum atomic E-state index is -0.219. The van der Waals surface area contributed by atoms with Gasteiger partial charge in [-0.1, -0.05) is 0 Å². The zero-order valence-electron chi connectivity index (χ0n) is 8.90. The molecule has 0 radical (unpaired) electrons. The number of thiazole rings is 1. The van der Waals surface area contributed by atoms with Crippen molar-refractivity contribution in [3.63, 3.8) is 0 Å². The highest BCUT2D eigenvalue weighted by Crippen LogP contribution is 2.14. The van der Waals surface area contributed by atoms with Gasteiger partial charge in [0.15, 0.2) is 0 Å². The molecule has 5 heteroatoms. The van der Waals surface area contributed by atoms with Gasteiger partial charge in [0.2, 0.25) is 5.91 Å². The number of unbranched alkanes of at least 4 members (excludes halogenated alkanes) is 1. The van der Waals surface area contributed by atoms with Crippen LogP contribution in [0.4, 0.5) is 0 Å². The number of carbonyl (C=O) groups excluding carboxylic acids is 1. The van der Waals surface area contributed by atoms with Gasteiger partial charge in [-0.3, -0.25) is 4.79 Å². The van der Waals surface area contributed by atoms with Crippen LogP contribution in [0.15, 0.2) is 11.6 Å². The Morgan fingerprint density at radius 2 is 2.47 bits per heavy atom. The summed E-state index contributed by atoms with van der Waals surface area (Å²) in [7, 11) is 0. The molecule has 84 valence electrons. The van der Waals surface area contributed by atoms with Crippen molar-refractivity contribution in [3.05, 3.63) is 16.6 Å². The maximum atomic E-state index is 10.5. The van der Waals surface area contributed by atoms with E-state index < -0.39 is 0 Å². The smallest absolute Gasteiger partial charge is 0.217 e. The van der Waals surface area contributed by atoms with Gasteiger partial charge in [0, 0.05) is 18.0 Å². The Bertz CT molecular complexity index is 287. The maximum Gasteiger partial charge on any atom is 0.217 e. The second-order valence-corrected chi connectivity index (χ2v) is 4.40. The van der Waals surface area contributed by atoms with Gasteiger partial charge in [0.25, 0.3) is 0 Å². The Kier molecular flexibility index (Phi) is 5.28. The normalized spacial score (nSPS) is 12.6. The van der Waals surface area contributed by atoms with Crippen LogP contribution in [0.5, 0.6) is 0 Å². The molecule has 1 rings (SSSR count). The Morgan fingerprint density at radius 3 is 3.07 bits per heavy atom. The fourth-order valence-corrected chi connectivity index (χ4v) is 1.95. The lowest BCUT2D eigenvalue weighted by atomic mass is 10.2. The highest BCUT2D eigenvalue weighted by atomic mass is 32.1. The van der Waals surface area contributed by atoms with E-state index in [1.165, 1.54) is 0 Å². The van der Waals surface area contributed by atoms with Crippen molar-refractivity contribution in [2.45, 2.75) is 32.2 Å². The molecule has 1 heterocycles. The van der Waals surface area contributed by atoms with Crippen LogP contribution in [0.3, 0.4) is 0 Å². The number of hydrogen-bond donors (Lipinski definition) is 2. The standard InChI is InChI=1S/C10H17N3OS/c1-8(10-13-6-7-15-10)12-5-3-2-4-9(11)14/h6-8,12H,2-5H2,1H3,(H2,11,14). The zero-order chi connectivity index (χ0) is 11.1. The molecule has 0 aromatic carbocycles. The SMILES string of the molecule is CC(NCCCCC(N)=O)c1nccs1. The summed E-state index contributed by atoms with van der Waals surface area (Å²) in [4.78, 5) is 14.7. The molecule has 0 fully saturated rings. The predicted molar refractivity (Wildman–Crippen MR) is 61.6 cm³/mol. The fraction of sp³-hybridized carbons (Fsp3) is 0.600. The van der Waals surface area contributed by atoms with E-state index in [0.29, 0.717) is 12.5 Å². The van der Waals surface area contributed by atoms with Crippen LogP contribution in [0.25, 0.3) is 0 Å². The van der Waals surface area contributed by atoms with E-state index in [1.54, 1.807) is 11.3 Å². The second-order valence-electron chi connectivity index (χ2n) is 3.47. The van der Waals surface area contributed by atoms with Crippen molar-refractivity contribution in [3.8, 4) is 0 Å². The third kappa shape index (κ3) is 4.90. The van der Waals surface area contributed by atoms with E-state index in [0.717, 1.165) is 24.4 Å². The average Bonchev–Trinajstić information content (AvgIpc) is 2.69. The van der Waals surface area contributed by atoms with Crippen molar-refractivity contribution < 1.29 is 4.79 Å². The van der Waals surface area contributed by atoms with E-state index >= 15 is 0 Å². The van der Waals surface area contributed by atoms with E-state index in [4.69, 9.17) is 5.73 Å². The van der Waals surface area contributed by atoms with Gasteiger partial charge >= 0.3 is 0 Å². The summed E-state index contributed by atoms with van der Waals surface area (Å²) in [5.41, 5.74) is 5.04. The summed E-state index contributed by atoms with van der Waals surface area (Å²) >= 11 is 1.65. The van der Waals surface area contributed by atoms with Crippen LogP contribution in [-0.4, -0.2) is 17.4 Å². The molecule has 0 spiro atoms. The van der Waals surface area contributed by atoms with E-state index in [-0.39, 0.29) is 5.91 Å². The van der Waals surface area contributed by atoms with Crippen molar-refractivity contribution in [1.29, 1.82) is 0 Å². The number of rotatable bonds is 7. The number of nitrogens with zero attached hydrogens (tertiary/aromatic N) is 1. The highest BCUT2D eigenvalue weighted by Gasteiger charge is 2.05. The molecule has 0 aliphatic heterocycles. The van der Waals surface area contributed by atoms with E-state index in [2.05, 4.69) is 17.2 Å². The minimum absolute atomic E-state index is 0.219. The topological polar surface area (TPSA) is 68.0 Å². The molecule has 1 atom stereocenters. The molecule has 0 bridgehead atoms. The fourth-order valence-electron chi connectivity index (χ4n) is 1.28. The lowest BCUT2D eigenvalue weighted by Gasteiger charge is -2.10. The molecule has 1 aromatic rings. The lowest BCUT2D eigenvalue weighted by Crippen LogP contribution is -2.20. The summed E-state index contributed by atoms with van der Waals surface area (Å²) in [6.45, 7) is 2.99. The summed E-state index contributed by atoms with van der Waals surface area (Å²) in [5.74, 6) is -0.219. The van der Waals surface area contributed by atoms with E-state index in [1.807, 2.05) is 11.6 Å². The molecule has 4 nitrogen and oxygen atoms in total. The molecule has 0 aliphatic rings. The molecule has 0 saturated carbocycles. The van der Waals surface area contributed by atoms with Gasteiger partial charge in [0.05, 0.1) is 6.04 Å². The van der Waals surface area contributed by atoms with Crippen molar-refractivity contribution in [2.24, 2.45) is 5.73 Å². The number of aromatic nitrogens is 1.